The van der Waals surface area contributed by atoms with Crippen LogP contribution in [0.4, 0.5) is 0 Å². The zero-order chi connectivity index (χ0) is 8.39. The number of benzene rings is 1. The van der Waals surface area contributed by atoms with Gasteiger partial charge in [-0.2, -0.15) is 0 Å². The maximum atomic E-state index is 3.83. The summed E-state index contributed by atoms with van der Waals surface area (Å²) in [6.07, 6.45) is 4.50. The van der Waals surface area contributed by atoms with Gasteiger partial charge in [-0.25, -0.2) is 0 Å². The largest absolute Gasteiger partial charge is 0.126 e. The standard InChI is InChI=1S/C11H12S/c1-2-9-5-3-7-11-10(9)6-4-8-12-11/h2-3,5,7H,1,4,6,8H2. The molecule has 0 aliphatic carbocycles. The van der Waals surface area contributed by atoms with Gasteiger partial charge < -0.3 is 0 Å². The third kappa shape index (κ3) is 1.29. The molecule has 0 spiro atoms. The SMILES string of the molecule is C=Cc1cccc2c1CCCS2. The molecule has 0 atom stereocenters. The molecule has 1 heterocycles. The molecule has 1 aliphatic rings. The van der Waals surface area contributed by atoms with Crippen LogP contribution in [-0.4, -0.2) is 5.75 Å². The summed E-state index contributed by atoms with van der Waals surface area (Å²) < 4.78 is 0. The first-order valence-corrected chi connectivity index (χ1v) is 5.27. The van der Waals surface area contributed by atoms with Crippen LogP contribution < -0.4 is 0 Å². The predicted octanol–water partition coefficient (Wildman–Crippen LogP) is 3.37. The highest BCUT2D eigenvalue weighted by Crippen LogP contribution is 2.32. The lowest BCUT2D eigenvalue weighted by atomic mass is 10.0. The van der Waals surface area contributed by atoms with E-state index in [2.05, 4.69) is 24.8 Å². The number of thioether (sulfide) groups is 1. The molecule has 0 saturated carbocycles. The maximum Gasteiger partial charge on any atom is 0.0110 e. The highest BCUT2D eigenvalue weighted by molar-refractivity contribution is 7.99. The van der Waals surface area contributed by atoms with Gasteiger partial charge in [0.05, 0.1) is 0 Å². The smallest absolute Gasteiger partial charge is 0.0110 e. The summed E-state index contributed by atoms with van der Waals surface area (Å²) in [4.78, 5) is 1.46. The first-order chi connectivity index (χ1) is 5.92. The van der Waals surface area contributed by atoms with Crippen LogP contribution in [0.25, 0.3) is 6.08 Å². The third-order valence-electron chi connectivity index (χ3n) is 2.22. The van der Waals surface area contributed by atoms with E-state index in [1.165, 1.54) is 34.6 Å². The Labute approximate surface area is 77.7 Å². The molecule has 12 heavy (non-hydrogen) atoms. The predicted molar refractivity (Wildman–Crippen MR) is 55.6 cm³/mol. The van der Waals surface area contributed by atoms with Gasteiger partial charge in [0.25, 0.3) is 0 Å². The van der Waals surface area contributed by atoms with E-state index >= 15 is 0 Å². The fourth-order valence-corrected chi connectivity index (χ4v) is 2.69. The molecule has 1 heteroatoms. The van der Waals surface area contributed by atoms with Crippen molar-refractivity contribution >= 4 is 17.8 Å². The molecule has 1 aromatic carbocycles. The van der Waals surface area contributed by atoms with Crippen LogP contribution in [0, 0.1) is 0 Å². The summed E-state index contributed by atoms with van der Waals surface area (Å²) in [5.74, 6) is 1.27. The van der Waals surface area contributed by atoms with Crippen LogP contribution >= 0.6 is 11.8 Å². The zero-order valence-electron chi connectivity index (χ0n) is 7.05. The topological polar surface area (TPSA) is 0 Å². The van der Waals surface area contributed by atoms with Crippen molar-refractivity contribution in [3.8, 4) is 0 Å². The van der Waals surface area contributed by atoms with E-state index < -0.39 is 0 Å². The Kier molecular flexibility index (Phi) is 2.22. The molecule has 0 aromatic heterocycles. The molecular formula is C11H12S. The maximum absolute atomic E-state index is 3.83. The Morgan fingerprint density at radius 2 is 2.33 bits per heavy atom. The normalized spacial score (nSPS) is 15.3. The van der Waals surface area contributed by atoms with Gasteiger partial charge in [0.1, 0.15) is 0 Å². The minimum Gasteiger partial charge on any atom is -0.126 e. The van der Waals surface area contributed by atoms with E-state index in [-0.39, 0.29) is 0 Å². The number of hydrogen-bond acceptors (Lipinski definition) is 1. The molecule has 62 valence electrons. The van der Waals surface area contributed by atoms with Gasteiger partial charge in [0, 0.05) is 4.90 Å². The summed E-state index contributed by atoms with van der Waals surface area (Å²) in [5.41, 5.74) is 2.82. The Hall–Kier alpha value is -0.690. The summed E-state index contributed by atoms with van der Waals surface area (Å²) in [6.45, 7) is 3.83. The van der Waals surface area contributed by atoms with Gasteiger partial charge in [-0.3, -0.25) is 0 Å². The van der Waals surface area contributed by atoms with Gasteiger partial charge in [-0.15, -0.1) is 11.8 Å². The van der Waals surface area contributed by atoms with E-state index in [1.807, 2.05) is 17.8 Å². The highest BCUT2D eigenvalue weighted by Gasteiger charge is 2.10. The van der Waals surface area contributed by atoms with Gasteiger partial charge in [-0.05, 0) is 35.8 Å². The quantitative estimate of drug-likeness (QED) is 0.632. The van der Waals surface area contributed by atoms with Crippen LogP contribution in [0.3, 0.4) is 0 Å². The van der Waals surface area contributed by atoms with E-state index in [0.29, 0.717) is 0 Å². The second-order valence-electron chi connectivity index (χ2n) is 2.98. The van der Waals surface area contributed by atoms with E-state index in [0.717, 1.165) is 0 Å². The van der Waals surface area contributed by atoms with Gasteiger partial charge in [-0.1, -0.05) is 24.8 Å². The Bertz CT molecular complexity index is 302. The molecule has 1 aliphatic heterocycles. The molecule has 0 N–H and O–H groups in total. The van der Waals surface area contributed by atoms with Crippen LogP contribution in [0.1, 0.15) is 17.5 Å². The lowest BCUT2D eigenvalue weighted by Crippen LogP contribution is -2.00. The summed E-state index contributed by atoms with van der Waals surface area (Å²) in [7, 11) is 0. The van der Waals surface area contributed by atoms with Gasteiger partial charge in [0.15, 0.2) is 0 Å². The Balaban J connectivity index is 2.51. The lowest BCUT2D eigenvalue weighted by molar-refractivity contribution is 0.887. The molecule has 0 unspecified atom stereocenters. The molecule has 2 rings (SSSR count). The van der Waals surface area contributed by atoms with Crippen LogP contribution in [0.15, 0.2) is 29.7 Å². The second-order valence-corrected chi connectivity index (χ2v) is 4.12. The summed E-state index contributed by atoms with van der Waals surface area (Å²) in [5, 5.41) is 0. The van der Waals surface area contributed by atoms with E-state index in [9.17, 15) is 0 Å². The lowest BCUT2D eigenvalue weighted by Gasteiger charge is -2.16. The van der Waals surface area contributed by atoms with Crippen molar-refractivity contribution in [2.24, 2.45) is 0 Å². The van der Waals surface area contributed by atoms with Crippen molar-refractivity contribution in [3.05, 3.63) is 35.9 Å². The first-order valence-electron chi connectivity index (χ1n) is 4.29. The van der Waals surface area contributed by atoms with Crippen molar-refractivity contribution in [1.29, 1.82) is 0 Å². The Morgan fingerprint density at radius 3 is 3.17 bits per heavy atom. The fourth-order valence-electron chi connectivity index (χ4n) is 1.61. The number of hydrogen-bond donors (Lipinski definition) is 0. The average Bonchev–Trinajstić information content (AvgIpc) is 2.17. The Morgan fingerprint density at radius 1 is 1.42 bits per heavy atom. The average molecular weight is 176 g/mol. The molecule has 0 saturated heterocycles. The third-order valence-corrected chi connectivity index (χ3v) is 3.40. The minimum absolute atomic E-state index is 1.23. The van der Waals surface area contributed by atoms with Crippen molar-refractivity contribution in [1.82, 2.24) is 0 Å². The number of fused-ring (bicyclic) bond motifs is 1. The molecule has 0 amide bonds. The van der Waals surface area contributed by atoms with Crippen molar-refractivity contribution in [3.63, 3.8) is 0 Å². The molecule has 0 radical (unpaired) electrons. The van der Waals surface area contributed by atoms with Crippen molar-refractivity contribution < 1.29 is 0 Å². The van der Waals surface area contributed by atoms with Crippen molar-refractivity contribution in [2.75, 3.05) is 5.75 Å². The number of rotatable bonds is 1. The van der Waals surface area contributed by atoms with Gasteiger partial charge >= 0.3 is 0 Å². The van der Waals surface area contributed by atoms with Gasteiger partial charge in [0.2, 0.25) is 0 Å². The molecule has 0 nitrogen and oxygen atoms in total. The molecular weight excluding hydrogens is 164 g/mol. The minimum atomic E-state index is 1.23. The molecule has 0 fully saturated rings. The van der Waals surface area contributed by atoms with Crippen LogP contribution in [0.2, 0.25) is 0 Å². The van der Waals surface area contributed by atoms with E-state index in [1.54, 1.807) is 0 Å². The van der Waals surface area contributed by atoms with Crippen LogP contribution in [0.5, 0.6) is 0 Å². The fraction of sp³-hybridized carbons (Fsp3) is 0.273. The molecule has 0 bridgehead atoms. The monoisotopic (exact) mass is 176 g/mol. The highest BCUT2D eigenvalue weighted by atomic mass is 32.2. The first kappa shape index (κ1) is 7.93. The van der Waals surface area contributed by atoms with Crippen LogP contribution in [-0.2, 0) is 6.42 Å². The zero-order valence-corrected chi connectivity index (χ0v) is 7.86. The van der Waals surface area contributed by atoms with Crippen molar-refractivity contribution in [2.45, 2.75) is 17.7 Å². The second kappa shape index (κ2) is 3.36. The van der Waals surface area contributed by atoms with E-state index in [4.69, 9.17) is 0 Å². The molecule has 1 aromatic rings. The summed E-state index contributed by atoms with van der Waals surface area (Å²) >= 11 is 1.97. The summed E-state index contributed by atoms with van der Waals surface area (Å²) in [6, 6.07) is 6.48.